The summed E-state index contributed by atoms with van der Waals surface area (Å²) in [6.07, 6.45) is 0.656. The number of ether oxygens (including phenoxy) is 1. The summed E-state index contributed by atoms with van der Waals surface area (Å²) >= 11 is 6.13. The number of hydrogen-bond donors (Lipinski definition) is 1. The lowest BCUT2D eigenvalue weighted by Crippen LogP contribution is -2.40. The minimum Gasteiger partial charge on any atom is -0.456 e. The van der Waals surface area contributed by atoms with E-state index in [-0.39, 0.29) is 41.0 Å². The highest BCUT2D eigenvalue weighted by molar-refractivity contribution is 7.89. The second-order valence-electron chi connectivity index (χ2n) is 6.99. The van der Waals surface area contributed by atoms with Gasteiger partial charge in [0.25, 0.3) is 5.91 Å². The molecule has 0 unspecified atom stereocenters. The molecule has 9 nitrogen and oxygen atoms in total. The number of amides is 2. The lowest BCUT2D eigenvalue weighted by atomic mass is 10.3. The van der Waals surface area contributed by atoms with Gasteiger partial charge in [-0.1, -0.05) is 18.5 Å². The summed E-state index contributed by atoms with van der Waals surface area (Å²) in [6, 6.07) is 7.50. The summed E-state index contributed by atoms with van der Waals surface area (Å²) in [7, 11) is -2.35. The van der Waals surface area contributed by atoms with Gasteiger partial charge in [0.05, 0.1) is 24.8 Å². The lowest BCUT2D eigenvalue weighted by Gasteiger charge is -2.26. The van der Waals surface area contributed by atoms with Gasteiger partial charge in [-0.15, -0.1) is 0 Å². The van der Waals surface area contributed by atoms with Crippen LogP contribution in [0.1, 0.15) is 23.2 Å². The van der Waals surface area contributed by atoms with E-state index in [9.17, 15) is 18.0 Å². The van der Waals surface area contributed by atoms with Gasteiger partial charge in [0.15, 0.2) is 5.76 Å². The number of furan rings is 1. The van der Waals surface area contributed by atoms with Gasteiger partial charge in [-0.2, -0.15) is 4.31 Å². The molecule has 2 aromatic rings. The zero-order valence-electron chi connectivity index (χ0n) is 17.3. The second-order valence-corrected chi connectivity index (χ2v) is 9.30. The third-order valence-corrected chi connectivity index (χ3v) is 7.13. The minimum atomic E-state index is -3.83. The van der Waals surface area contributed by atoms with Crippen LogP contribution >= 0.6 is 11.6 Å². The van der Waals surface area contributed by atoms with Crippen molar-refractivity contribution in [3.8, 4) is 0 Å². The SMILES string of the molecule is CCc1ccc(C(=O)N(C)CC(=O)Nc2ccc(Cl)c(S(=O)(=O)N3CCOCC3)c2)o1. The minimum absolute atomic E-state index is 0.0568. The maximum Gasteiger partial charge on any atom is 0.289 e. The van der Waals surface area contributed by atoms with E-state index in [2.05, 4.69) is 5.32 Å². The first-order valence-corrected chi connectivity index (χ1v) is 11.6. The molecule has 1 N–H and O–H groups in total. The molecule has 2 amide bonds. The van der Waals surface area contributed by atoms with Gasteiger partial charge in [-0.3, -0.25) is 9.59 Å². The van der Waals surface area contributed by atoms with Crippen LogP contribution in [0.2, 0.25) is 5.02 Å². The number of anilines is 1. The van der Waals surface area contributed by atoms with Crippen molar-refractivity contribution >= 4 is 39.1 Å². The highest BCUT2D eigenvalue weighted by Crippen LogP contribution is 2.28. The van der Waals surface area contributed by atoms with Crippen molar-refractivity contribution in [2.24, 2.45) is 0 Å². The molecule has 0 spiro atoms. The number of aryl methyl sites for hydroxylation is 1. The molecule has 1 aliphatic heterocycles. The van der Waals surface area contributed by atoms with E-state index in [1.807, 2.05) is 6.92 Å². The van der Waals surface area contributed by atoms with Gasteiger partial charge in [0.2, 0.25) is 15.9 Å². The van der Waals surface area contributed by atoms with E-state index in [1.165, 1.54) is 34.5 Å². The number of carbonyl (C=O) groups is 2. The van der Waals surface area contributed by atoms with E-state index in [0.717, 1.165) is 0 Å². The first-order chi connectivity index (χ1) is 14.7. The molecule has 31 heavy (non-hydrogen) atoms. The van der Waals surface area contributed by atoms with Crippen molar-refractivity contribution in [1.29, 1.82) is 0 Å². The van der Waals surface area contributed by atoms with Crippen LogP contribution in [-0.2, 0) is 26.0 Å². The van der Waals surface area contributed by atoms with Crippen LogP contribution in [0.3, 0.4) is 0 Å². The van der Waals surface area contributed by atoms with E-state index in [4.69, 9.17) is 20.8 Å². The Hall–Kier alpha value is -2.40. The van der Waals surface area contributed by atoms with E-state index >= 15 is 0 Å². The molecule has 1 fully saturated rings. The molecular weight excluding hydrogens is 446 g/mol. The molecule has 0 atom stereocenters. The number of benzene rings is 1. The van der Waals surface area contributed by atoms with Crippen LogP contribution in [0.4, 0.5) is 5.69 Å². The Morgan fingerprint density at radius 3 is 2.55 bits per heavy atom. The topological polar surface area (TPSA) is 109 Å². The predicted molar refractivity (Wildman–Crippen MR) is 115 cm³/mol. The van der Waals surface area contributed by atoms with Crippen molar-refractivity contribution in [3.63, 3.8) is 0 Å². The van der Waals surface area contributed by atoms with Crippen LogP contribution in [0.5, 0.6) is 0 Å². The molecule has 1 aliphatic rings. The quantitative estimate of drug-likeness (QED) is 0.666. The molecule has 1 aromatic heterocycles. The molecule has 168 valence electrons. The van der Waals surface area contributed by atoms with Gasteiger partial charge >= 0.3 is 0 Å². The number of morpholine rings is 1. The highest BCUT2D eigenvalue weighted by atomic mass is 35.5. The number of carbonyl (C=O) groups excluding carboxylic acids is 2. The molecule has 0 saturated carbocycles. The Bertz CT molecular complexity index is 1060. The van der Waals surface area contributed by atoms with Crippen LogP contribution in [0.25, 0.3) is 0 Å². The van der Waals surface area contributed by atoms with Gasteiger partial charge in [-0.25, -0.2) is 8.42 Å². The molecule has 1 saturated heterocycles. The third kappa shape index (κ3) is 5.45. The molecule has 3 rings (SSSR count). The predicted octanol–water partition coefficient (Wildman–Crippen LogP) is 2.23. The van der Waals surface area contributed by atoms with Gasteiger partial charge < -0.3 is 19.4 Å². The fourth-order valence-electron chi connectivity index (χ4n) is 3.06. The summed E-state index contributed by atoms with van der Waals surface area (Å²) in [5.74, 6) is -0.0920. The van der Waals surface area contributed by atoms with Crippen LogP contribution < -0.4 is 5.32 Å². The standard InChI is InChI=1S/C20H24ClN3O6S/c1-3-15-5-7-17(30-15)20(26)23(2)13-19(25)22-14-4-6-16(21)18(12-14)31(27,28)24-8-10-29-11-9-24/h4-7,12H,3,8-11,13H2,1-2H3,(H,22,25). The Balaban J connectivity index is 1.68. The van der Waals surface area contributed by atoms with Crippen molar-refractivity contribution < 1.29 is 27.2 Å². The van der Waals surface area contributed by atoms with Crippen LogP contribution in [-0.4, -0.2) is 69.3 Å². The molecular formula is C20H24ClN3O6S. The number of hydrogen-bond acceptors (Lipinski definition) is 6. The molecule has 11 heteroatoms. The van der Waals surface area contributed by atoms with Gasteiger partial charge in [0.1, 0.15) is 10.7 Å². The highest BCUT2D eigenvalue weighted by Gasteiger charge is 2.29. The third-order valence-electron chi connectivity index (χ3n) is 4.75. The Morgan fingerprint density at radius 2 is 1.90 bits per heavy atom. The normalized spacial score (nSPS) is 14.9. The Kier molecular flexibility index (Phi) is 7.37. The number of halogens is 1. The number of sulfonamides is 1. The fourth-order valence-corrected chi connectivity index (χ4v) is 4.97. The summed E-state index contributed by atoms with van der Waals surface area (Å²) in [5.41, 5.74) is 0.258. The molecule has 2 heterocycles. The molecule has 0 radical (unpaired) electrons. The number of nitrogens with one attached hydrogen (secondary N) is 1. The number of nitrogens with zero attached hydrogens (tertiary/aromatic N) is 2. The molecule has 0 bridgehead atoms. The van der Waals surface area contributed by atoms with Crippen molar-refractivity contribution in [1.82, 2.24) is 9.21 Å². The van der Waals surface area contributed by atoms with Crippen LogP contribution in [0.15, 0.2) is 39.6 Å². The molecule has 0 aliphatic carbocycles. The summed E-state index contributed by atoms with van der Waals surface area (Å²) in [4.78, 5) is 26.0. The fraction of sp³-hybridized carbons (Fsp3) is 0.400. The average Bonchev–Trinajstić information content (AvgIpc) is 3.24. The largest absolute Gasteiger partial charge is 0.456 e. The van der Waals surface area contributed by atoms with Crippen molar-refractivity contribution in [2.45, 2.75) is 18.2 Å². The van der Waals surface area contributed by atoms with Gasteiger partial charge in [0, 0.05) is 32.2 Å². The summed E-state index contributed by atoms with van der Waals surface area (Å²) in [5, 5.41) is 2.67. The lowest BCUT2D eigenvalue weighted by molar-refractivity contribution is -0.116. The van der Waals surface area contributed by atoms with E-state index in [1.54, 1.807) is 12.1 Å². The average molecular weight is 470 g/mol. The smallest absolute Gasteiger partial charge is 0.289 e. The Labute approximate surface area is 185 Å². The van der Waals surface area contributed by atoms with Crippen molar-refractivity contribution in [3.05, 3.63) is 46.9 Å². The zero-order chi connectivity index (χ0) is 22.6. The van der Waals surface area contributed by atoms with Crippen LogP contribution in [0, 0.1) is 0 Å². The maximum absolute atomic E-state index is 12.9. The van der Waals surface area contributed by atoms with E-state index in [0.29, 0.717) is 25.4 Å². The Morgan fingerprint density at radius 1 is 1.19 bits per heavy atom. The van der Waals surface area contributed by atoms with Crippen molar-refractivity contribution in [2.75, 3.05) is 45.2 Å². The maximum atomic E-state index is 12.9. The van der Waals surface area contributed by atoms with E-state index < -0.39 is 21.8 Å². The zero-order valence-corrected chi connectivity index (χ0v) is 18.8. The molecule has 1 aromatic carbocycles. The second kappa shape index (κ2) is 9.82. The number of rotatable bonds is 7. The van der Waals surface area contributed by atoms with Gasteiger partial charge in [-0.05, 0) is 30.3 Å². The monoisotopic (exact) mass is 469 g/mol. The summed E-state index contributed by atoms with van der Waals surface area (Å²) < 4.78 is 37.7. The first kappa shape index (κ1) is 23.3. The number of likely N-dealkylation sites (N-methyl/N-ethyl adjacent to an activating group) is 1. The first-order valence-electron chi connectivity index (χ1n) is 9.74. The summed E-state index contributed by atoms with van der Waals surface area (Å²) in [6.45, 7) is 2.74.